The highest BCUT2D eigenvalue weighted by atomic mass is 15.2. The molecular formula is C14H26N4. The van der Waals surface area contributed by atoms with Gasteiger partial charge in [0.25, 0.3) is 0 Å². The van der Waals surface area contributed by atoms with E-state index in [9.17, 15) is 0 Å². The average Bonchev–Trinajstić information content (AvgIpc) is 2.29. The van der Waals surface area contributed by atoms with Crippen LogP contribution in [0.2, 0.25) is 0 Å². The summed E-state index contributed by atoms with van der Waals surface area (Å²) in [6.45, 7) is 7.09. The summed E-state index contributed by atoms with van der Waals surface area (Å²) in [6.07, 6.45) is 0. The monoisotopic (exact) mass is 250 g/mol. The maximum atomic E-state index is 4.70. The average molecular weight is 250 g/mol. The summed E-state index contributed by atoms with van der Waals surface area (Å²) in [7, 11) is 8.28. The Morgan fingerprint density at radius 2 is 1.83 bits per heavy atom. The summed E-state index contributed by atoms with van der Waals surface area (Å²) in [5, 5.41) is 3.23. The van der Waals surface area contributed by atoms with Crippen LogP contribution in [0.1, 0.15) is 16.8 Å². The van der Waals surface area contributed by atoms with Gasteiger partial charge in [-0.2, -0.15) is 0 Å². The van der Waals surface area contributed by atoms with Gasteiger partial charge in [0.05, 0.1) is 0 Å². The fourth-order valence-corrected chi connectivity index (χ4v) is 2.01. The van der Waals surface area contributed by atoms with Crippen LogP contribution in [0.15, 0.2) is 6.07 Å². The quantitative estimate of drug-likeness (QED) is 0.827. The van der Waals surface area contributed by atoms with Crippen molar-refractivity contribution in [2.75, 3.05) is 46.2 Å². The standard InChI is InChI=1S/C14H26N4/c1-11-9-12(2)16-14(13(11)10-15-3)18(6)8-7-17(4)5/h9,15H,7-8,10H2,1-6H3. The molecule has 1 rings (SSSR count). The molecule has 4 heteroatoms. The summed E-state index contributed by atoms with van der Waals surface area (Å²) in [5.41, 5.74) is 3.69. The predicted molar refractivity (Wildman–Crippen MR) is 78.3 cm³/mol. The number of hydrogen-bond donors (Lipinski definition) is 1. The first-order valence-electron chi connectivity index (χ1n) is 6.43. The SMILES string of the molecule is CNCc1c(C)cc(C)nc1N(C)CCN(C)C. The molecule has 0 saturated heterocycles. The summed E-state index contributed by atoms with van der Waals surface area (Å²) in [5.74, 6) is 1.10. The molecule has 0 unspecified atom stereocenters. The highest BCUT2D eigenvalue weighted by Gasteiger charge is 2.12. The van der Waals surface area contributed by atoms with E-state index in [0.29, 0.717) is 0 Å². The number of pyridine rings is 1. The topological polar surface area (TPSA) is 31.4 Å². The zero-order valence-electron chi connectivity index (χ0n) is 12.5. The van der Waals surface area contributed by atoms with Gasteiger partial charge in [-0.25, -0.2) is 4.98 Å². The fourth-order valence-electron chi connectivity index (χ4n) is 2.01. The van der Waals surface area contributed by atoms with Crippen molar-refractivity contribution < 1.29 is 0 Å². The lowest BCUT2D eigenvalue weighted by Gasteiger charge is -2.24. The third-order valence-corrected chi connectivity index (χ3v) is 3.05. The Morgan fingerprint density at radius 1 is 1.17 bits per heavy atom. The molecule has 0 fully saturated rings. The van der Waals surface area contributed by atoms with Crippen molar-refractivity contribution in [3.63, 3.8) is 0 Å². The van der Waals surface area contributed by atoms with Crippen molar-refractivity contribution >= 4 is 5.82 Å². The van der Waals surface area contributed by atoms with Crippen molar-refractivity contribution in [1.29, 1.82) is 0 Å². The molecule has 0 aromatic carbocycles. The molecule has 0 amide bonds. The Labute approximate surface area is 111 Å². The van der Waals surface area contributed by atoms with Crippen LogP contribution in [0, 0.1) is 13.8 Å². The molecule has 4 nitrogen and oxygen atoms in total. The number of likely N-dealkylation sites (N-methyl/N-ethyl adjacent to an activating group) is 2. The Hall–Kier alpha value is -1.13. The van der Waals surface area contributed by atoms with Crippen LogP contribution in [0.25, 0.3) is 0 Å². The molecule has 1 N–H and O–H groups in total. The Balaban J connectivity index is 2.97. The second-order valence-electron chi connectivity index (χ2n) is 5.14. The van der Waals surface area contributed by atoms with Crippen molar-refractivity contribution in [2.45, 2.75) is 20.4 Å². The number of aromatic nitrogens is 1. The largest absolute Gasteiger partial charge is 0.358 e. The maximum absolute atomic E-state index is 4.70. The van der Waals surface area contributed by atoms with E-state index in [1.165, 1.54) is 11.1 Å². The van der Waals surface area contributed by atoms with Gasteiger partial charge in [-0.3, -0.25) is 0 Å². The molecule has 1 heterocycles. The van der Waals surface area contributed by atoms with Crippen molar-refractivity contribution in [2.24, 2.45) is 0 Å². The van der Waals surface area contributed by atoms with E-state index >= 15 is 0 Å². The summed E-state index contributed by atoms with van der Waals surface area (Å²) >= 11 is 0. The van der Waals surface area contributed by atoms with Gasteiger partial charge in [0.1, 0.15) is 5.82 Å². The van der Waals surface area contributed by atoms with Gasteiger partial charge in [0.15, 0.2) is 0 Å². The van der Waals surface area contributed by atoms with Crippen LogP contribution >= 0.6 is 0 Å². The normalized spacial score (nSPS) is 11.1. The lowest BCUT2D eigenvalue weighted by Crippen LogP contribution is -2.30. The van der Waals surface area contributed by atoms with E-state index in [-0.39, 0.29) is 0 Å². The van der Waals surface area contributed by atoms with E-state index in [2.05, 4.69) is 56.2 Å². The van der Waals surface area contributed by atoms with Crippen molar-refractivity contribution in [1.82, 2.24) is 15.2 Å². The third kappa shape index (κ3) is 3.96. The lowest BCUT2D eigenvalue weighted by atomic mass is 10.1. The molecule has 0 radical (unpaired) electrons. The molecule has 0 aliphatic heterocycles. The molecule has 0 atom stereocenters. The van der Waals surface area contributed by atoms with Gasteiger partial charge in [-0.05, 0) is 46.6 Å². The number of nitrogens with one attached hydrogen (secondary N) is 1. The second-order valence-corrected chi connectivity index (χ2v) is 5.14. The van der Waals surface area contributed by atoms with Crippen LogP contribution in [0.5, 0.6) is 0 Å². The molecule has 0 spiro atoms. The van der Waals surface area contributed by atoms with Crippen LogP contribution in [-0.2, 0) is 6.54 Å². The zero-order chi connectivity index (χ0) is 13.7. The van der Waals surface area contributed by atoms with Gasteiger partial charge >= 0.3 is 0 Å². The van der Waals surface area contributed by atoms with E-state index in [4.69, 9.17) is 4.98 Å². The highest BCUT2D eigenvalue weighted by Crippen LogP contribution is 2.21. The van der Waals surface area contributed by atoms with Crippen LogP contribution in [0.4, 0.5) is 5.82 Å². The van der Waals surface area contributed by atoms with E-state index in [1.807, 2.05) is 7.05 Å². The number of hydrogen-bond acceptors (Lipinski definition) is 4. The van der Waals surface area contributed by atoms with Crippen LogP contribution in [0.3, 0.4) is 0 Å². The molecule has 1 aromatic rings. The smallest absolute Gasteiger partial charge is 0.133 e. The highest BCUT2D eigenvalue weighted by molar-refractivity contribution is 5.51. The van der Waals surface area contributed by atoms with Crippen molar-refractivity contribution in [3.8, 4) is 0 Å². The number of rotatable bonds is 6. The van der Waals surface area contributed by atoms with Crippen molar-refractivity contribution in [3.05, 3.63) is 22.9 Å². The third-order valence-electron chi connectivity index (χ3n) is 3.05. The first kappa shape index (κ1) is 14.9. The Morgan fingerprint density at radius 3 is 2.39 bits per heavy atom. The van der Waals surface area contributed by atoms with Crippen LogP contribution < -0.4 is 10.2 Å². The molecule has 0 aliphatic rings. The molecule has 102 valence electrons. The Bertz CT molecular complexity index is 388. The molecule has 0 aliphatic carbocycles. The van der Waals surface area contributed by atoms with E-state index < -0.39 is 0 Å². The minimum Gasteiger partial charge on any atom is -0.358 e. The summed E-state index contributed by atoms with van der Waals surface area (Å²) < 4.78 is 0. The first-order valence-corrected chi connectivity index (χ1v) is 6.43. The van der Waals surface area contributed by atoms with Gasteiger partial charge in [0.2, 0.25) is 0 Å². The molecule has 0 bridgehead atoms. The molecule has 1 aromatic heterocycles. The van der Waals surface area contributed by atoms with E-state index in [1.54, 1.807) is 0 Å². The molecule has 18 heavy (non-hydrogen) atoms. The first-order chi connectivity index (χ1) is 8.45. The lowest BCUT2D eigenvalue weighted by molar-refractivity contribution is 0.416. The van der Waals surface area contributed by atoms with Crippen LogP contribution in [-0.4, -0.2) is 51.2 Å². The zero-order valence-corrected chi connectivity index (χ0v) is 12.5. The summed E-state index contributed by atoms with van der Waals surface area (Å²) in [4.78, 5) is 9.13. The van der Waals surface area contributed by atoms with Gasteiger partial charge in [0, 0.05) is 37.9 Å². The number of aryl methyl sites for hydroxylation is 2. The number of nitrogens with zero attached hydrogens (tertiary/aromatic N) is 3. The molecular weight excluding hydrogens is 224 g/mol. The molecule has 0 saturated carbocycles. The van der Waals surface area contributed by atoms with Gasteiger partial charge < -0.3 is 15.1 Å². The Kier molecular flexibility index (Phi) is 5.56. The number of anilines is 1. The summed E-state index contributed by atoms with van der Waals surface area (Å²) in [6, 6.07) is 2.15. The predicted octanol–water partition coefficient (Wildman–Crippen LogP) is 1.42. The minimum absolute atomic E-state index is 0.862. The maximum Gasteiger partial charge on any atom is 0.133 e. The van der Waals surface area contributed by atoms with E-state index in [0.717, 1.165) is 31.1 Å². The second kappa shape index (κ2) is 6.71. The fraction of sp³-hybridized carbons (Fsp3) is 0.643. The van der Waals surface area contributed by atoms with Gasteiger partial charge in [-0.15, -0.1) is 0 Å². The minimum atomic E-state index is 0.862. The van der Waals surface area contributed by atoms with Gasteiger partial charge in [-0.1, -0.05) is 0 Å².